The fourth-order valence-electron chi connectivity index (χ4n) is 3.33. The normalized spacial score (nSPS) is 26.6. The van der Waals surface area contributed by atoms with E-state index in [0.29, 0.717) is 24.5 Å². The third-order valence-electron chi connectivity index (χ3n) is 4.77. The summed E-state index contributed by atoms with van der Waals surface area (Å²) in [5.41, 5.74) is 0. The second-order valence-corrected chi connectivity index (χ2v) is 6.40. The Morgan fingerprint density at radius 2 is 1.80 bits per heavy atom. The van der Waals surface area contributed by atoms with Crippen LogP contribution in [0.25, 0.3) is 0 Å². The Morgan fingerprint density at radius 1 is 1.05 bits per heavy atom. The number of esters is 1. The van der Waals surface area contributed by atoms with Crippen molar-refractivity contribution in [3.05, 3.63) is 0 Å². The number of carbonyl (C=O) groups is 2. The first kappa shape index (κ1) is 15.3. The van der Waals surface area contributed by atoms with Gasteiger partial charge in [-0.25, -0.2) is 0 Å². The maximum atomic E-state index is 11.7. The number of ether oxygens (including phenoxy) is 1. The summed E-state index contributed by atoms with van der Waals surface area (Å²) in [5.74, 6) is 0.938. The number of carbonyl (C=O) groups excluding carboxylic acids is 2. The van der Waals surface area contributed by atoms with Crippen LogP contribution in [-0.4, -0.2) is 24.5 Å². The molecule has 0 heterocycles. The molecule has 2 atom stereocenters. The number of hydrogen-bond acceptors (Lipinski definition) is 3. The van der Waals surface area contributed by atoms with Crippen molar-refractivity contribution in [2.24, 2.45) is 11.8 Å². The van der Waals surface area contributed by atoms with E-state index in [4.69, 9.17) is 4.74 Å². The third kappa shape index (κ3) is 4.80. The van der Waals surface area contributed by atoms with Gasteiger partial charge in [-0.05, 0) is 31.1 Å². The summed E-state index contributed by atoms with van der Waals surface area (Å²) in [6.07, 6.45) is 8.68. The molecule has 20 heavy (non-hydrogen) atoms. The molecule has 2 saturated carbocycles. The predicted octanol–water partition coefficient (Wildman–Crippen LogP) is 2.80. The molecule has 0 aromatic carbocycles. The van der Waals surface area contributed by atoms with Crippen LogP contribution in [0.1, 0.15) is 64.7 Å². The van der Waals surface area contributed by atoms with Gasteiger partial charge in [-0.2, -0.15) is 0 Å². The maximum Gasteiger partial charge on any atom is 0.306 e. The summed E-state index contributed by atoms with van der Waals surface area (Å²) < 4.78 is 5.30. The SMILES string of the molecule is C[C@H]1CCCC1COC(=O)CCC(=O)NC1CCCC1. The van der Waals surface area contributed by atoms with Crippen molar-refractivity contribution in [2.75, 3.05) is 6.61 Å². The lowest BCUT2D eigenvalue weighted by Gasteiger charge is -2.15. The van der Waals surface area contributed by atoms with Crippen LogP contribution >= 0.6 is 0 Å². The second-order valence-electron chi connectivity index (χ2n) is 6.40. The Morgan fingerprint density at radius 3 is 2.45 bits per heavy atom. The number of nitrogens with one attached hydrogen (secondary N) is 1. The van der Waals surface area contributed by atoms with Crippen LogP contribution in [-0.2, 0) is 14.3 Å². The standard InChI is InChI=1S/C16H27NO3/c1-12-5-4-6-13(12)11-20-16(19)10-9-15(18)17-14-7-2-3-8-14/h12-14H,2-11H2,1H3,(H,17,18)/t12-,13?/m0/s1. The Bertz CT molecular complexity index is 337. The molecule has 0 spiro atoms. The van der Waals surface area contributed by atoms with Crippen LogP contribution in [0.3, 0.4) is 0 Å². The lowest BCUT2D eigenvalue weighted by atomic mass is 9.99. The van der Waals surface area contributed by atoms with E-state index >= 15 is 0 Å². The van der Waals surface area contributed by atoms with E-state index in [0.717, 1.165) is 19.3 Å². The van der Waals surface area contributed by atoms with Crippen LogP contribution < -0.4 is 5.32 Å². The maximum absolute atomic E-state index is 11.7. The molecule has 2 aliphatic rings. The minimum Gasteiger partial charge on any atom is -0.465 e. The fourth-order valence-corrected chi connectivity index (χ4v) is 3.33. The zero-order chi connectivity index (χ0) is 14.4. The highest BCUT2D eigenvalue weighted by Crippen LogP contribution is 2.31. The number of rotatable bonds is 6. The molecule has 2 aliphatic carbocycles. The van der Waals surface area contributed by atoms with E-state index in [2.05, 4.69) is 12.2 Å². The Balaban J connectivity index is 1.56. The van der Waals surface area contributed by atoms with E-state index in [1.165, 1.54) is 25.7 Å². The molecule has 0 aromatic heterocycles. The second kappa shape index (κ2) is 7.65. The molecule has 1 N–H and O–H groups in total. The van der Waals surface area contributed by atoms with Gasteiger partial charge in [0.1, 0.15) is 0 Å². The molecular weight excluding hydrogens is 254 g/mol. The third-order valence-corrected chi connectivity index (χ3v) is 4.77. The first-order chi connectivity index (χ1) is 9.65. The zero-order valence-electron chi connectivity index (χ0n) is 12.5. The van der Waals surface area contributed by atoms with Gasteiger partial charge in [0, 0.05) is 12.5 Å². The van der Waals surface area contributed by atoms with Gasteiger partial charge in [0.25, 0.3) is 0 Å². The molecule has 1 unspecified atom stereocenters. The highest BCUT2D eigenvalue weighted by molar-refractivity contribution is 5.81. The van der Waals surface area contributed by atoms with Crippen LogP contribution in [0.2, 0.25) is 0 Å². The first-order valence-corrected chi connectivity index (χ1v) is 8.10. The van der Waals surface area contributed by atoms with Gasteiger partial charge in [-0.3, -0.25) is 9.59 Å². The van der Waals surface area contributed by atoms with E-state index < -0.39 is 0 Å². The average molecular weight is 281 g/mol. The largest absolute Gasteiger partial charge is 0.465 e. The van der Waals surface area contributed by atoms with Gasteiger partial charge in [0.2, 0.25) is 5.91 Å². The zero-order valence-corrected chi connectivity index (χ0v) is 12.5. The molecule has 2 rings (SSSR count). The number of amides is 1. The van der Waals surface area contributed by atoms with E-state index in [1.54, 1.807) is 0 Å². The van der Waals surface area contributed by atoms with Gasteiger partial charge >= 0.3 is 5.97 Å². The minimum absolute atomic E-state index is 0.0110. The molecule has 4 heteroatoms. The van der Waals surface area contributed by atoms with Crippen molar-refractivity contribution in [3.63, 3.8) is 0 Å². The van der Waals surface area contributed by atoms with E-state index in [1.807, 2.05) is 0 Å². The topological polar surface area (TPSA) is 55.4 Å². The summed E-state index contributed by atoms with van der Waals surface area (Å²) in [4.78, 5) is 23.3. The predicted molar refractivity (Wildman–Crippen MR) is 77.1 cm³/mol. The molecular formula is C16H27NO3. The lowest BCUT2D eigenvalue weighted by Crippen LogP contribution is -2.32. The van der Waals surface area contributed by atoms with Crippen molar-refractivity contribution in [2.45, 2.75) is 70.8 Å². The lowest BCUT2D eigenvalue weighted by molar-refractivity contribution is -0.146. The van der Waals surface area contributed by atoms with Crippen LogP contribution in [0.4, 0.5) is 0 Å². The quantitative estimate of drug-likeness (QED) is 0.762. The highest BCUT2D eigenvalue weighted by Gasteiger charge is 2.24. The molecule has 2 fully saturated rings. The molecule has 0 bridgehead atoms. The van der Waals surface area contributed by atoms with Crippen molar-refractivity contribution in [1.82, 2.24) is 5.32 Å². The van der Waals surface area contributed by atoms with Crippen molar-refractivity contribution >= 4 is 11.9 Å². The molecule has 114 valence electrons. The Labute approximate surface area is 121 Å². The smallest absolute Gasteiger partial charge is 0.306 e. The highest BCUT2D eigenvalue weighted by atomic mass is 16.5. The summed E-state index contributed by atoms with van der Waals surface area (Å²) in [6, 6.07) is 0.331. The molecule has 0 aromatic rings. The fraction of sp³-hybridized carbons (Fsp3) is 0.875. The monoisotopic (exact) mass is 281 g/mol. The molecule has 0 aliphatic heterocycles. The Hall–Kier alpha value is -1.06. The molecule has 0 radical (unpaired) electrons. The molecule has 0 saturated heterocycles. The van der Waals surface area contributed by atoms with Gasteiger partial charge in [0.05, 0.1) is 13.0 Å². The average Bonchev–Trinajstić information content (AvgIpc) is 3.06. The summed E-state index contributed by atoms with van der Waals surface area (Å²) >= 11 is 0. The van der Waals surface area contributed by atoms with Gasteiger partial charge in [0.15, 0.2) is 0 Å². The summed E-state index contributed by atoms with van der Waals surface area (Å²) in [6.45, 7) is 2.75. The minimum atomic E-state index is -0.231. The molecule has 4 nitrogen and oxygen atoms in total. The van der Waals surface area contributed by atoms with Gasteiger partial charge in [-0.15, -0.1) is 0 Å². The van der Waals surface area contributed by atoms with Crippen molar-refractivity contribution in [1.29, 1.82) is 0 Å². The Kier molecular flexibility index (Phi) is 5.86. The van der Waals surface area contributed by atoms with Crippen molar-refractivity contribution < 1.29 is 14.3 Å². The van der Waals surface area contributed by atoms with Crippen LogP contribution in [0.5, 0.6) is 0 Å². The number of hydrogen-bond donors (Lipinski definition) is 1. The van der Waals surface area contributed by atoms with Crippen molar-refractivity contribution in [3.8, 4) is 0 Å². The van der Waals surface area contributed by atoms with Crippen LogP contribution in [0, 0.1) is 11.8 Å². The van der Waals surface area contributed by atoms with Gasteiger partial charge in [-0.1, -0.05) is 32.6 Å². The van der Waals surface area contributed by atoms with Gasteiger partial charge < -0.3 is 10.1 Å². The van der Waals surface area contributed by atoms with Crippen LogP contribution in [0.15, 0.2) is 0 Å². The van der Waals surface area contributed by atoms with E-state index in [9.17, 15) is 9.59 Å². The summed E-state index contributed by atoms with van der Waals surface area (Å²) in [5, 5.41) is 2.99. The molecule has 1 amide bonds. The first-order valence-electron chi connectivity index (χ1n) is 8.10. The summed E-state index contributed by atoms with van der Waals surface area (Å²) in [7, 11) is 0. The van der Waals surface area contributed by atoms with E-state index in [-0.39, 0.29) is 24.7 Å².